The maximum atomic E-state index is 12.2. The van der Waals surface area contributed by atoms with Gasteiger partial charge in [-0.15, -0.1) is 0 Å². The number of nitrogens with two attached hydrogens (primary N) is 1. The number of hydrogen-bond acceptors (Lipinski definition) is 6. The van der Waals surface area contributed by atoms with E-state index in [-0.39, 0.29) is 11.7 Å². The molecule has 10 heteroatoms. The summed E-state index contributed by atoms with van der Waals surface area (Å²) in [6, 6.07) is -2.73. The van der Waals surface area contributed by atoms with Crippen molar-refractivity contribution in [3.8, 4) is 0 Å². The van der Waals surface area contributed by atoms with Crippen LogP contribution in [0.3, 0.4) is 0 Å². The second kappa shape index (κ2) is 10.9. The summed E-state index contributed by atoms with van der Waals surface area (Å²) in [4.78, 5) is 46.4. The molecule has 0 aromatic carbocycles. The second-order valence-corrected chi connectivity index (χ2v) is 5.88. The van der Waals surface area contributed by atoms with Gasteiger partial charge in [-0.2, -0.15) is 12.6 Å². The van der Waals surface area contributed by atoms with Crippen molar-refractivity contribution >= 4 is 36.3 Å². The normalized spacial score (nSPS) is 15.5. The Morgan fingerprint density at radius 2 is 1.71 bits per heavy atom. The predicted molar refractivity (Wildman–Crippen MR) is 91.5 cm³/mol. The first-order valence-electron chi connectivity index (χ1n) is 7.60. The van der Waals surface area contributed by atoms with E-state index in [9.17, 15) is 19.2 Å². The smallest absolute Gasteiger partial charge is 0.327 e. The van der Waals surface area contributed by atoms with Crippen LogP contribution in [0.5, 0.6) is 0 Å². The molecule has 0 aromatic rings. The van der Waals surface area contributed by atoms with Crippen LogP contribution in [0.4, 0.5) is 0 Å². The number of aliphatic carboxylic acids is 1. The van der Waals surface area contributed by atoms with Crippen molar-refractivity contribution in [2.45, 2.75) is 45.3 Å². The molecule has 0 aliphatic carbocycles. The van der Waals surface area contributed by atoms with Crippen molar-refractivity contribution in [1.29, 1.82) is 0 Å². The Bertz CT molecular complexity index is 472. The van der Waals surface area contributed by atoms with Gasteiger partial charge in [-0.3, -0.25) is 14.4 Å². The van der Waals surface area contributed by atoms with Crippen LogP contribution in [0.15, 0.2) is 0 Å². The lowest BCUT2D eigenvalue weighted by Gasteiger charge is -2.24. The van der Waals surface area contributed by atoms with Crippen molar-refractivity contribution in [3.05, 3.63) is 0 Å². The summed E-state index contributed by atoms with van der Waals surface area (Å²) >= 11 is 3.82. The summed E-state index contributed by atoms with van der Waals surface area (Å²) in [6.07, 6.45) is 0.629. The monoisotopic (exact) mass is 362 g/mol. The van der Waals surface area contributed by atoms with E-state index in [1.807, 2.05) is 6.92 Å². The minimum absolute atomic E-state index is 0.0744. The van der Waals surface area contributed by atoms with E-state index < -0.39 is 48.4 Å². The number of carboxylic acids is 1. The Labute approximate surface area is 146 Å². The van der Waals surface area contributed by atoms with E-state index >= 15 is 0 Å². The third kappa shape index (κ3) is 7.64. The lowest BCUT2D eigenvalue weighted by atomic mass is 9.98. The van der Waals surface area contributed by atoms with Gasteiger partial charge in [0.2, 0.25) is 17.7 Å². The van der Waals surface area contributed by atoms with Crippen molar-refractivity contribution in [3.63, 3.8) is 0 Å². The Morgan fingerprint density at radius 3 is 2.12 bits per heavy atom. The maximum Gasteiger partial charge on any atom is 0.327 e. The molecule has 4 unspecified atom stereocenters. The first kappa shape index (κ1) is 22.2. The van der Waals surface area contributed by atoms with Crippen LogP contribution in [0, 0.1) is 5.92 Å². The highest BCUT2D eigenvalue weighted by Gasteiger charge is 2.27. The fourth-order valence-corrected chi connectivity index (χ4v) is 1.94. The second-order valence-electron chi connectivity index (χ2n) is 5.52. The van der Waals surface area contributed by atoms with Crippen LogP contribution < -0.4 is 21.7 Å². The zero-order valence-electron chi connectivity index (χ0n) is 14.0. The average molecular weight is 362 g/mol. The van der Waals surface area contributed by atoms with Gasteiger partial charge in [-0.05, 0) is 12.8 Å². The van der Waals surface area contributed by atoms with Crippen LogP contribution in [0.25, 0.3) is 0 Å². The van der Waals surface area contributed by atoms with Gasteiger partial charge in [0.05, 0.1) is 12.6 Å². The Kier molecular flexibility index (Phi) is 10.0. The lowest BCUT2D eigenvalue weighted by molar-refractivity contribution is -0.141. The van der Waals surface area contributed by atoms with Crippen molar-refractivity contribution in [2.75, 3.05) is 12.3 Å². The van der Waals surface area contributed by atoms with Crippen molar-refractivity contribution in [1.82, 2.24) is 16.0 Å². The fourth-order valence-electron chi connectivity index (χ4n) is 1.69. The summed E-state index contributed by atoms with van der Waals surface area (Å²) in [5.74, 6) is -3.13. The molecule has 4 atom stereocenters. The molecule has 0 spiro atoms. The van der Waals surface area contributed by atoms with Crippen LogP contribution in [0.1, 0.15) is 27.2 Å². The van der Waals surface area contributed by atoms with Crippen LogP contribution in [0.2, 0.25) is 0 Å². The minimum atomic E-state index is -1.22. The highest BCUT2D eigenvalue weighted by Crippen LogP contribution is 2.08. The number of carbonyl (C=O) groups is 4. The molecule has 0 saturated carbocycles. The van der Waals surface area contributed by atoms with E-state index in [1.54, 1.807) is 6.92 Å². The van der Waals surface area contributed by atoms with E-state index in [1.165, 1.54) is 6.92 Å². The fraction of sp³-hybridized carbons (Fsp3) is 0.714. The van der Waals surface area contributed by atoms with E-state index in [0.29, 0.717) is 6.42 Å². The minimum Gasteiger partial charge on any atom is -0.480 e. The third-order valence-corrected chi connectivity index (χ3v) is 3.81. The third-order valence-electron chi connectivity index (χ3n) is 3.45. The summed E-state index contributed by atoms with van der Waals surface area (Å²) in [5.41, 5.74) is 5.48. The topological polar surface area (TPSA) is 151 Å². The summed E-state index contributed by atoms with van der Waals surface area (Å²) in [5, 5.41) is 16.0. The number of carbonyl (C=O) groups excluding carboxylic acids is 3. The molecule has 9 nitrogen and oxygen atoms in total. The van der Waals surface area contributed by atoms with Crippen molar-refractivity contribution < 1.29 is 24.3 Å². The zero-order chi connectivity index (χ0) is 18.9. The van der Waals surface area contributed by atoms with Gasteiger partial charge in [0.15, 0.2) is 0 Å². The van der Waals surface area contributed by atoms with Gasteiger partial charge < -0.3 is 26.8 Å². The molecular weight excluding hydrogens is 336 g/mol. The highest BCUT2D eigenvalue weighted by atomic mass is 32.1. The number of thiol groups is 1. The predicted octanol–water partition coefficient (Wildman–Crippen LogP) is -1.52. The molecule has 0 heterocycles. The van der Waals surface area contributed by atoms with Gasteiger partial charge in [-0.25, -0.2) is 4.79 Å². The molecule has 0 aromatic heterocycles. The number of carboxylic acid groups (broad SMARTS) is 1. The molecule has 24 heavy (non-hydrogen) atoms. The average Bonchev–Trinajstić information content (AvgIpc) is 2.53. The molecule has 0 saturated heterocycles. The van der Waals surface area contributed by atoms with Gasteiger partial charge in [0.1, 0.15) is 12.1 Å². The van der Waals surface area contributed by atoms with Crippen molar-refractivity contribution in [2.24, 2.45) is 11.7 Å². The van der Waals surface area contributed by atoms with Gasteiger partial charge >= 0.3 is 5.97 Å². The van der Waals surface area contributed by atoms with E-state index in [0.717, 1.165) is 0 Å². The Morgan fingerprint density at radius 1 is 1.12 bits per heavy atom. The van der Waals surface area contributed by atoms with Crippen LogP contribution in [-0.4, -0.2) is 59.2 Å². The molecule has 138 valence electrons. The molecule has 0 aliphatic rings. The van der Waals surface area contributed by atoms with Crippen LogP contribution in [-0.2, 0) is 19.2 Å². The SMILES string of the molecule is CCC(C)C(NC(=O)C(C)N)C(=O)NCC(=O)NC(CS)C(=O)O. The summed E-state index contributed by atoms with van der Waals surface area (Å²) in [7, 11) is 0. The molecule has 0 rings (SSSR count). The standard InChI is InChI=1S/C14H26N4O5S/c1-4-7(2)11(18-12(20)8(3)15)13(21)16-5-10(19)17-9(6-24)14(22)23/h7-9,11,24H,4-6,15H2,1-3H3,(H,16,21)(H,17,19)(H,18,20)(H,22,23). The number of nitrogens with one attached hydrogen (secondary N) is 3. The molecular formula is C14H26N4O5S. The molecule has 0 aliphatic heterocycles. The molecule has 3 amide bonds. The van der Waals surface area contributed by atoms with E-state index in [2.05, 4.69) is 28.6 Å². The first-order chi connectivity index (χ1) is 11.1. The highest BCUT2D eigenvalue weighted by molar-refractivity contribution is 7.80. The number of hydrogen-bond donors (Lipinski definition) is 6. The van der Waals surface area contributed by atoms with Gasteiger partial charge in [0.25, 0.3) is 0 Å². The maximum absolute atomic E-state index is 12.2. The summed E-state index contributed by atoms with van der Waals surface area (Å²) in [6.45, 7) is 4.74. The molecule has 0 radical (unpaired) electrons. The van der Waals surface area contributed by atoms with Gasteiger partial charge in [0, 0.05) is 5.75 Å². The van der Waals surface area contributed by atoms with E-state index in [4.69, 9.17) is 10.8 Å². The Balaban J connectivity index is 4.69. The van der Waals surface area contributed by atoms with Crippen LogP contribution >= 0.6 is 12.6 Å². The number of amides is 3. The zero-order valence-corrected chi connectivity index (χ0v) is 14.9. The number of rotatable bonds is 10. The summed E-state index contributed by atoms with van der Waals surface area (Å²) < 4.78 is 0. The molecule has 0 bridgehead atoms. The van der Waals surface area contributed by atoms with Gasteiger partial charge in [-0.1, -0.05) is 20.3 Å². The molecule has 6 N–H and O–H groups in total. The molecule has 0 fully saturated rings. The Hall–Kier alpha value is -1.81. The quantitative estimate of drug-likeness (QED) is 0.260. The first-order valence-corrected chi connectivity index (χ1v) is 8.23. The lowest BCUT2D eigenvalue weighted by Crippen LogP contribution is -2.55. The largest absolute Gasteiger partial charge is 0.480 e.